The van der Waals surface area contributed by atoms with Crippen molar-refractivity contribution in [1.29, 1.82) is 0 Å². The Bertz CT molecular complexity index is 824. The zero-order chi connectivity index (χ0) is 14.3. The first kappa shape index (κ1) is 12.7. The van der Waals surface area contributed by atoms with Gasteiger partial charge in [0.15, 0.2) is 0 Å². The van der Waals surface area contributed by atoms with Gasteiger partial charge in [0, 0.05) is 5.02 Å². The number of halogens is 1. The number of imidazole rings is 1. The highest BCUT2D eigenvalue weighted by molar-refractivity contribution is 6.31. The van der Waals surface area contributed by atoms with Gasteiger partial charge in [-0.25, -0.2) is 9.78 Å². The molecule has 0 saturated carbocycles. The molecule has 0 amide bonds. The first-order chi connectivity index (χ1) is 9.59. The predicted molar refractivity (Wildman–Crippen MR) is 77.8 cm³/mol. The number of aromatic carboxylic acids is 1. The van der Waals surface area contributed by atoms with Crippen LogP contribution in [-0.4, -0.2) is 20.6 Å². The van der Waals surface area contributed by atoms with Gasteiger partial charge in [0.2, 0.25) is 0 Å². The van der Waals surface area contributed by atoms with E-state index < -0.39 is 5.97 Å². The first-order valence-electron chi connectivity index (χ1n) is 6.04. The number of para-hydroxylation sites is 1. The van der Waals surface area contributed by atoms with Crippen LogP contribution in [0.25, 0.3) is 16.7 Å². The van der Waals surface area contributed by atoms with Gasteiger partial charge in [-0.3, -0.25) is 4.57 Å². The van der Waals surface area contributed by atoms with Crippen molar-refractivity contribution in [2.24, 2.45) is 0 Å². The predicted octanol–water partition coefficient (Wildman–Crippen LogP) is 3.69. The van der Waals surface area contributed by atoms with E-state index in [1.54, 1.807) is 18.5 Å². The summed E-state index contributed by atoms with van der Waals surface area (Å²) in [7, 11) is 0. The molecule has 3 rings (SSSR count). The summed E-state index contributed by atoms with van der Waals surface area (Å²) in [6.07, 6.45) is 1.62. The Morgan fingerprint density at radius 2 is 2.00 bits per heavy atom. The maximum absolute atomic E-state index is 11.2. The normalized spacial score (nSPS) is 10.9. The largest absolute Gasteiger partial charge is 0.478 e. The van der Waals surface area contributed by atoms with Gasteiger partial charge >= 0.3 is 5.97 Å². The van der Waals surface area contributed by atoms with E-state index in [1.165, 1.54) is 0 Å². The van der Waals surface area contributed by atoms with Crippen LogP contribution in [-0.2, 0) is 0 Å². The molecule has 0 atom stereocenters. The van der Waals surface area contributed by atoms with Crippen molar-refractivity contribution < 1.29 is 9.90 Å². The molecule has 0 radical (unpaired) electrons. The van der Waals surface area contributed by atoms with E-state index in [0.717, 1.165) is 16.8 Å². The van der Waals surface area contributed by atoms with Crippen molar-refractivity contribution in [2.45, 2.75) is 6.92 Å². The number of nitrogens with zero attached hydrogens (tertiary/aromatic N) is 2. The first-order valence-corrected chi connectivity index (χ1v) is 6.42. The monoisotopic (exact) mass is 286 g/mol. The Hall–Kier alpha value is -2.33. The van der Waals surface area contributed by atoms with Crippen molar-refractivity contribution in [1.82, 2.24) is 9.55 Å². The highest BCUT2D eigenvalue weighted by Crippen LogP contribution is 2.26. The molecule has 0 saturated heterocycles. The quantitative estimate of drug-likeness (QED) is 0.782. The van der Waals surface area contributed by atoms with E-state index in [9.17, 15) is 9.90 Å². The molecule has 0 aliphatic carbocycles. The molecule has 0 bridgehead atoms. The van der Waals surface area contributed by atoms with Gasteiger partial charge in [0.25, 0.3) is 0 Å². The van der Waals surface area contributed by atoms with E-state index in [2.05, 4.69) is 4.98 Å². The number of hydrogen-bond donors (Lipinski definition) is 1. The Balaban J connectivity index is 2.31. The van der Waals surface area contributed by atoms with Crippen LogP contribution in [0.15, 0.2) is 42.7 Å². The van der Waals surface area contributed by atoms with Gasteiger partial charge < -0.3 is 5.11 Å². The van der Waals surface area contributed by atoms with E-state index in [-0.39, 0.29) is 5.56 Å². The Morgan fingerprint density at radius 1 is 1.25 bits per heavy atom. The molecule has 0 aliphatic heterocycles. The Kier molecular flexibility index (Phi) is 2.95. The summed E-state index contributed by atoms with van der Waals surface area (Å²) in [6, 6.07) is 10.7. The average Bonchev–Trinajstić information content (AvgIpc) is 2.85. The second-order valence-electron chi connectivity index (χ2n) is 4.48. The smallest absolute Gasteiger partial charge is 0.337 e. The van der Waals surface area contributed by atoms with Gasteiger partial charge in [-0.05, 0) is 36.8 Å². The van der Waals surface area contributed by atoms with Gasteiger partial charge in [0.05, 0.1) is 16.8 Å². The molecule has 100 valence electrons. The third-order valence-corrected chi connectivity index (χ3v) is 3.72. The lowest BCUT2D eigenvalue weighted by atomic mass is 10.1. The molecule has 2 aromatic carbocycles. The molecule has 0 aliphatic rings. The maximum atomic E-state index is 11.2. The van der Waals surface area contributed by atoms with E-state index >= 15 is 0 Å². The molecule has 1 aromatic heterocycles. The van der Waals surface area contributed by atoms with Crippen LogP contribution >= 0.6 is 11.6 Å². The second-order valence-corrected chi connectivity index (χ2v) is 4.88. The molecule has 1 heterocycles. The lowest BCUT2D eigenvalue weighted by molar-refractivity contribution is 0.0699. The highest BCUT2D eigenvalue weighted by Gasteiger charge is 2.14. The molecule has 0 fully saturated rings. The number of rotatable bonds is 2. The molecule has 20 heavy (non-hydrogen) atoms. The summed E-state index contributed by atoms with van der Waals surface area (Å²) in [4.78, 5) is 15.4. The van der Waals surface area contributed by atoms with Crippen LogP contribution in [0.3, 0.4) is 0 Å². The van der Waals surface area contributed by atoms with E-state index in [1.807, 2.05) is 35.8 Å². The molecular weight excluding hydrogens is 276 g/mol. The van der Waals surface area contributed by atoms with Gasteiger partial charge in [-0.15, -0.1) is 0 Å². The fourth-order valence-electron chi connectivity index (χ4n) is 2.26. The maximum Gasteiger partial charge on any atom is 0.337 e. The summed E-state index contributed by atoms with van der Waals surface area (Å²) in [6.45, 7) is 1.92. The van der Waals surface area contributed by atoms with Crippen LogP contribution < -0.4 is 0 Å². The number of aromatic nitrogens is 2. The van der Waals surface area contributed by atoms with Gasteiger partial charge in [0.1, 0.15) is 11.8 Å². The van der Waals surface area contributed by atoms with Crippen LogP contribution in [0, 0.1) is 6.92 Å². The summed E-state index contributed by atoms with van der Waals surface area (Å²) in [5.74, 6) is -0.983. The van der Waals surface area contributed by atoms with Gasteiger partial charge in [-0.1, -0.05) is 23.7 Å². The van der Waals surface area contributed by atoms with Crippen LogP contribution in [0.5, 0.6) is 0 Å². The zero-order valence-electron chi connectivity index (χ0n) is 10.7. The van der Waals surface area contributed by atoms with E-state index in [4.69, 9.17) is 11.6 Å². The van der Waals surface area contributed by atoms with Crippen molar-refractivity contribution in [2.75, 3.05) is 0 Å². The standard InChI is InChI=1S/C15H11ClN2O2/c1-9-11(16)5-3-6-12(9)18-8-17-14-10(15(19)20)4-2-7-13(14)18/h2-8H,1H3,(H,19,20). The van der Waals surface area contributed by atoms with E-state index in [0.29, 0.717) is 10.5 Å². The number of benzene rings is 2. The summed E-state index contributed by atoms with van der Waals surface area (Å²) in [5, 5.41) is 9.86. The van der Waals surface area contributed by atoms with Crippen molar-refractivity contribution in [3.63, 3.8) is 0 Å². The fourth-order valence-corrected chi connectivity index (χ4v) is 2.43. The van der Waals surface area contributed by atoms with Crippen molar-refractivity contribution >= 4 is 28.6 Å². The van der Waals surface area contributed by atoms with Crippen LogP contribution in [0.4, 0.5) is 0 Å². The molecular formula is C15H11ClN2O2. The van der Waals surface area contributed by atoms with Crippen molar-refractivity contribution in [3.8, 4) is 5.69 Å². The van der Waals surface area contributed by atoms with Crippen molar-refractivity contribution in [3.05, 3.63) is 58.9 Å². The number of carboxylic acids is 1. The lowest BCUT2D eigenvalue weighted by Crippen LogP contribution is -1.99. The molecule has 3 aromatic rings. The van der Waals surface area contributed by atoms with Gasteiger partial charge in [-0.2, -0.15) is 0 Å². The fraction of sp³-hybridized carbons (Fsp3) is 0.0667. The number of carboxylic acid groups (broad SMARTS) is 1. The third-order valence-electron chi connectivity index (χ3n) is 3.31. The SMILES string of the molecule is Cc1c(Cl)cccc1-n1cnc2c(C(=O)O)cccc21. The molecule has 0 unspecified atom stereocenters. The number of hydrogen-bond acceptors (Lipinski definition) is 2. The molecule has 5 heteroatoms. The minimum Gasteiger partial charge on any atom is -0.478 e. The summed E-state index contributed by atoms with van der Waals surface area (Å²) >= 11 is 6.14. The second kappa shape index (κ2) is 4.65. The summed E-state index contributed by atoms with van der Waals surface area (Å²) in [5.41, 5.74) is 3.23. The Morgan fingerprint density at radius 3 is 2.75 bits per heavy atom. The Labute approximate surface area is 120 Å². The zero-order valence-corrected chi connectivity index (χ0v) is 11.4. The highest BCUT2D eigenvalue weighted by atomic mass is 35.5. The summed E-state index contributed by atoms with van der Waals surface area (Å²) < 4.78 is 1.85. The molecule has 0 spiro atoms. The molecule has 4 nitrogen and oxygen atoms in total. The minimum atomic E-state index is -0.983. The topological polar surface area (TPSA) is 55.1 Å². The third kappa shape index (κ3) is 1.85. The number of carbonyl (C=O) groups is 1. The van der Waals surface area contributed by atoms with Crippen LogP contribution in [0.1, 0.15) is 15.9 Å². The van der Waals surface area contributed by atoms with Crippen LogP contribution in [0.2, 0.25) is 5.02 Å². The molecule has 1 N–H and O–H groups in total. The average molecular weight is 287 g/mol. The lowest BCUT2D eigenvalue weighted by Gasteiger charge is -2.09. The number of fused-ring (bicyclic) bond motifs is 1. The minimum absolute atomic E-state index is 0.195.